The highest BCUT2D eigenvalue weighted by Crippen LogP contribution is 2.27. The molecule has 2 heteroatoms. The summed E-state index contributed by atoms with van der Waals surface area (Å²) >= 11 is 0. The highest BCUT2D eigenvalue weighted by atomic mass is 14.7. The maximum absolute atomic E-state index is 5.94. The molecule has 80 valence electrons. The van der Waals surface area contributed by atoms with Crippen molar-refractivity contribution in [3.05, 3.63) is 35.5 Å². The molecular weight excluding hydrogens is 184 g/mol. The number of nitrogens with two attached hydrogens (primary N) is 1. The van der Waals surface area contributed by atoms with Gasteiger partial charge in [-0.2, -0.15) is 0 Å². The van der Waals surface area contributed by atoms with Gasteiger partial charge < -0.3 is 10.7 Å². The van der Waals surface area contributed by atoms with Gasteiger partial charge in [-0.05, 0) is 37.5 Å². The van der Waals surface area contributed by atoms with E-state index in [0.29, 0.717) is 5.92 Å². The van der Waals surface area contributed by atoms with Gasteiger partial charge in [-0.15, -0.1) is 0 Å². The Hall–Kier alpha value is -1.28. The summed E-state index contributed by atoms with van der Waals surface area (Å²) < 4.78 is 0. The molecule has 2 unspecified atom stereocenters. The summed E-state index contributed by atoms with van der Waals surface area (Å²) in [5.41, 5.74) is 9.75. The summed E-state index contributed by atoms with van der Waals surface area (Å²) in [5, 5.41) is 1.31. The van der Waals surface area contributed by atoms with E-state index in [2.05, 4.69) is 50.2 Å². The number of rotatable bonds is 2. The predicted octanol–water partition coefficient (Wildman–Crippen LogP) is 2.93. The summed E-state index contributed by atoms with van der Waals surface area (Å²) in [7, 11) is 0. The van der Waals surface area contributed by atoms with Crippen molar-refractivity contribution < 1.29 is 0 Å². The largest absolute Gasteiger partial charge is 0.361 e. The molecule has 2 rings (SSSR count). The molecule has 15 heavy (non-hydrogen) atoms. The molecular formula is C13H18N2. The molecule has 1 heterocycles. The molecule has 1 aromatic carbocycles. The van der Waals surface area contributed by atoms with E-state index >= 15 is 0 Å². The van der Waals surface area contributed by atoms with Crippen molar-refractivity contribution in [3.8, 4) is 0 Å². The normalized spacial score (nSPS) is 15.5. The molecule has 2 nitrogen and oxygen atoms in total. The second-order valence-corrected chi connectivity index (χ2v) is 4.44. The highest BCUT2D eigenvalue weighted by molar-refractivity contribution is 5.84. The van der Waals surface area contributed by atoms with Gasteiger partial charge in [-0.1, -0.05) is 18.6 Å². The Morgan fingerprint density at radius 2 is 2.00 bits per heavy atom. The van der Waals surface area contributed by atoms with Crippen molar-refractivity contribution in [3.63, 3.8) is 0 Å². The number of aryl methyl sites for hydroxylation is 1. The second kappa shape index (κ2) is 3.70. The van der Waals surface area contributed by atoms with Crippen LogP contribution in [0.4, 0.5) is 0 Å². The Morgan fingerprint density at radius 3 is 2.67 bits per heavy atom. The molecule has 0 aliphatic carbocycles. The summed E-state index contributed by atoms with van der Waals surface area (Å²) in [6, 6.07) is 6.66. The Balaban J connectivity index is 2.56. The molecule has 1 aromatic heterocycles. The third-order valence-corrected chi connectivity index (χ3v) is 3.15. The molecule has 0 spiro atoms. The molecule has 2 aromatic rings. The van der Waals surface area contributed by atoms with Crippen LogP contribution in [-0.2, 0) is 0 Å². The van der Waals surface area contributed by atoms with Gasteiger partial charge >= 0.3 is 0 Å². The number of hydrogen-bond acceptors (Lipinski definition) is 1. The Kier molecular flexibility index (Phi) is 2.53. The first-order valence-electron chi connectivity index (χ1n) is 5.43. The Labute approximate surface area is 90.5 Å². The first-order chi connectivity index (χ1) is 7.09. The molecule has 0 radical (unpaired) electrons. The maximum atomic E-state index is 5.94. The molecule has 0 aliphatic rings. The van der Waals surface area contributed by atoms with Gasteiger partial charge in [-0.25, -0.2) is 0 Å². The minimum Gasteiger partial charge on any atom is -0.361 e. The average Bonchev–Trinajstić information content (AvgIpc) is 2.59. The van der Waals surface area contributed by atoms with Crippen LogP contribution in [0.25, 0.3) is 10.9 Å². The Morgan fingerprint density at radius 1 is 1.27 bits per heavy atom. The van der Waals surface area contributed by atoms with E-state index in [1.165, 1.54) is 22.0 Å². The first-order valence-corrected chi connectivity index (χ1v) is 5.43. The van der Waals surface area contributed by atoms with E-state index in [-0.39, 0.29) is 6.04 Å². The summed E-state index contributed by atoms with van der Waals surface area (Å²) in [4.78, 5) is 3.30. The van der Waals surface area contributed by atoms with E-state index in [1.807, 2.05) is 0 Å². The van der Waals surface area contributed by atoms with Gasteiger partial charge in [0, 0.05) is 23.1 Å². The van der Waals surface area contributed by atoms with Gasteiger partial charge in [-0.3, -0.25) is 0 Å². The van der Waals surface area contributed by atoms with E-state index in [9.17, 15) is 0 Å². The standard InChI is InChI=1S/C13H18N2/c1-8-4-5-13-11(6-8)12(7-15-13)9(2)10(3)14/h4-7,9-10,15H,14H2,1-3H3. The van der Waals surface area contributed by atoms with Crippen molar-refractivity contribution in [2.45, 2.75) is 32.7 Å². The second-order valence-electron chi connectivity index (χ2n) is 4.44. The Bertz CT molecular complexity index is 468. The summed E-state index contributed by atoms with van der Waals surface area (Å²) in [5.74, 6) is 0.389. The van der Waals surface area contributed by atoms with Gasteiger partial charge in [0.05, 0.1) is 0 Å². The van der Waals surface area contributed by atoms with Crippen LogP contribution in [0.5, 0.6) is 0 Å². The number of aromatic nitrogens is 1. The molecule has 0 saturated heterocycles. The van der Waals surface area contributed by atoms with Crippen LogP contribution in [0.3, 0.4) is 0 Å². The fourth-order valence-electron chi connectivity index (χ4n) is 1.92. The van der Waals surface area contributed by atoms with Gasteiger partial charge in [0.25, 0.3) is 0 Å². The number of H-pyrrole nitrogens is 1. The minimum absolute atomic E-state index is 0.185. The zero-order valence-electron chi connectivity index (χ0n) is 9.54. The van der Waals surface area contributed by atoms with Gasteiger partial charge in [0.15, 0.2) is 0 Å². The van der Waals surface area contributed by atoms with Crippen LogP contribution in [-0.4, -0.2) is 11.0 Å². The monoisotopic (exact) mass is 202 g/mol. The van der Waals surface area contributed by atoms with Crippen molar-refractivity contribution >= 4 is 10.9 Å². The van der Waals surface area contributed by atoms with E-state index in [4.69, 9.17) is 5.73 Å². The zero-order chi connectivity index (χ0) is 11.0. The molecule has 3 N–H and O–H groups in total. The fourth-order valence-corrected chi connectivity index (χ4v) is 1.92. The van der Waals surface area contributed by atoms with E-state index < -0.39 is 0 Å². The molecule has 0 aliphatic heterocycles. The van der Waals surface area contributed by atoms with Crippen LogP contribution >= 0.6 is 0 Å². The van der Waals surface area contributed by atoms with Crippen molar-refractivity contribution in [2.24, 2.45) is 5.73 Å². The van der Waals surface area contributed by atoms with Crippen molar-refractivity contribution in [1.82, 2.24) is 4.98 Å². The molecule has 0 saturated carbocycles. The van der Waals surface area contributed by atoms with Crippen LogP contribution in [0.2, 0.25) is 0 Å². The topological polar surface area (TPSA) is 41.8 Å². The minimum atomic E-state index is 0.185. The lowest BCUT2D eigenvalue weighted by Crippen LogP contribution is -2.22. The maximum Gasteiger partial charge on any atom is 0.0457 e. The summed E-state index contributed by atoms with van der Waals surface area (Å²) in [6.07, 6.45) is 2.08. The molecule has 0 amide bonds. The van der Waals surface area contributed by atoms with E-state index in [1.54, 1.807) is 0 Å². The zero-order valence-corrected chi connectivity index (χ0v) is 9.54. The quantitative estimate of drug-likeness (QED) is 0.772. The number of hydrogen-bond donors (Lipinski definition) is 2. The van der Waals surface area contributed by atoms with Crippen LogP contribution < -0.4 is 5.73 Å². The molecule has 0 fully saturated rings. The van der Waals surface area contributed by atoms with Crippen LogP contribution in [0, 0.1) is 6.92 Å². The highest BCUT2D eigenvalue weighted by Gasteiger charge is 2.14. The fraction of sp³-hybridized carbons (Fsp3) is 0.385. The van der Waals surface area contributed by atoms with Crippen molar-refractivity contribution in [2.75, 3.05) is 0 Å². The van der Waals surface area contributed by atoms with Gasteiger partial charge in [0.1, 0.15) is 0 Å². The number of benzene rings is 1. The lowest BCUT2D eigenvalue weighted by Gasteiger charge is -2.14. The molecule has 0 bridgehead atoms. The van der Waals surface area contributed by atoms with Crippen LogP contribution in [0.15, 0.2) is 24.4 Å². The smallest absolute Gasteiger partial charge is 0.0457 e. The number of nitrogens with one attached hydrogen (secondary N) is 1. The van der Waals surface area contributed by atoms with Gasteiger partial charge in [0.2, 0.25) is 0 Å². The van der Waals surface area contributed by atoms with E-state index in [0.717, 1.165) is 0 Å². The lowest BCUT2D eigenvalue weighted by atomic mass is 9.94. The van der Waals surface area contributed by atoms with Crippen molar-refractivity contribution in [1.29, 1.82) is 0 Å². The SMILES string of the molecule is Cc1ccc2[nH]cc(C(C)C(C)N)c2c1. The third kappa shape index (κ3) is 1.77. The number of aromatic amines is 1. The molecule has 2 atom stereocenters. The predicted molar refractivity (Wildman–Crippen MR) is 65.1 cm³/mol. The lowest BCUT2D eigenvalue weighted by molar-refractivity contribution is 0.617. The number of fused-ring (bicyclic) bond motifs is 1. The average molecular weight is 202 g/mol. The first kappa shape index (κ1) is 10.2. The van der Waals surface area contributed by atoms with Crippen LogP contribution in [0.1, 0.15) is 30.9 Å². The third-order valence-electron chi connectivity index (χ3n) is 3.15. The summed E-state index contributed by atoms with van der Waals surface area (Å²) in [6.45, 7) is 6.35.